The standard InChI is InChI=1S/C19H26ClN5O/c1-4-6-15-17(18(26)24-10-9-16(21)19(2,3)12-24)22-23-25(15)14-8-5-7-13(20)11-14/h5,7-8,11,16H,4,6,9-10,12,21H2,1-3H3. The first-order valence-electron chi connectivity index (χ1n) is 9.09. The Hall–Kier alpha value is -1.92. The van der Waals surface area contributed by atoms with Crippen LogP contribution in [0.3, 0.4) is 0 Å². The van der Waals surface area contributed by atoms with Crippen LogP contribution < -0.4 is 5.73 Å². The summed E-state index contributed by atoms with van der Waals surface area (Å²) in [7, 11) is 0. The third kappa shape index (κ3) is 3.62. The van der Waals surface area contributed by atoms with E-state index < -0.39 is 0 Å². The maximum atomic E-state index is 13.1. The topological polar surface area (TPSA) is 77.0 Å². The molecule has 0 aliphatic carbocycles. The summed E-state index contributed by atoms with van der Waals surface area (Å²) < 4.78 is 1.73. The van der Waals surface area contributed by atoms with Gasteiger partial charge in [-0.1, -0.05) is 50.1 Å². The first kappa shape index (κ1) is 18.9. The Morgan fingerprint density at radius 1 is 1.42 bits per heavy atom. The Bertz CT molecular complexity index is 801. The molecular weight excluding hydrogens is 350 g/mol. The molecule has 26 heavy (non-hydrogen) atoms. The van der Waals surface area contributed by atoms with E-state index in [1.54, 1.807) is 4.68 Å². The molecule has 1 aliphatic rings. The van der Waals surface area contributed by atoms with Crippen LogP contribution in [0.2, 0.25) is 5.02 Å². The molecule has 7 heteroatoms. The number of halogens is 1. The number of benzene rings is 1. The number of likely N-dealkylation sites (tertiary alicyclic amines) is 1. The molecule has 1 aromatic heterocycles. The number of nitrogens with zero attached hydrogens (tertiary/aromatic N) is 4. The lowest BCUT2D eigenvalue weighted by atomic mass is 9.79. The van der Waals surface area contributed by atoms with Crippen molar-refractivity contribution in [3.05, 3.63) is 40.7 Å². The van der Waals surface area contributed by atoms with E-state index >= 15 is 0 Å². The van der Waals surface area contributed by atoms with Crippen molar-refractivity contribution in [3.8, 4) is 5.69 Å². The van der Waals surface area contributed by atoms with Crippen molar-refractivity contribution in [2.75, 3.05) is 13.1 Å². The maximum Gasteiger partial charge on any atom is 0.276 e. The highest BCUT2D eigenvalue weighted by molar-refractivity contribution is 6.30. The Balaban J connectivity index is 1.94. The maximum absolute atomic E-state index is 13.1. The Morgan fingerprint density at radius 3 is 2.85 bits per heavy atom. The summed E-state index contributed by atoms with van der Waals surface area (Å²) >= 11 is 6.11. The van der Waals surface area contributed by atoms with Gasteiger partial charge in [-0.25, -0.2) is 4.68 Å². The zero-order valence-electron chi connectivity index (χ0n) is 15.6. The number of carbonyl (C=O) groups is 1. The summed E-state index contributed by atoms with van der Waals surface area (Å²) in [5.74, 6) is -0.0679. The Labute approximate surface area is 159 Å². The van der Waals surface area contributed by atoms with Crippen molar-refractivity contribution in [1.82, 2.24) is 19.9 Å². The monoisotopic (exact) mass is 375 g/mol. The van der Waals surface area contributed by atoms with Gasteiger partial charge in [0.05, 0.1) is 11.4 Å². The normalized spacial score (nSPS) is 19.6. The van der Waals surface area contributed by atoms with E-state index in [1.807, 2.05) is 29.2 Å². The third-order valence-electron chi connectivity index (χ3n) is 5.10. The van der Waals surface area contributed by atoms with E-state index in [1.165, 1.54) is 0 Å². The second kappa shape index (κ2) is 7.37. The molecule has 3 rings (SSSR count). The Morgan fingerprint density at radius 2 is 2.19 bits per heavy atom. The highest BCUT2D eigenvalue weighted by Crippen LogP contribution is 2.29. The molecule has 1 aliphatic heterocycles. The lowest BCUT2D eigenvalue weighted by Gasteiger charge is -2.42. The number of amides is 1. The van der Waals surface area contributed by atoms with Crippen molar-refractivity contribution in [2.24, 2.45) is 11.1 Å². The summed E-state index contributed by atoms with van der Waals surface area (Å²) in [6, 6.07) is 7.52. The van der Waals surface area contributed by atoms with E-state index in [4.69, 9.17) is 17.3 Å². The van der Waals surface area contributed by atoms with Gasteiger partial charge in [-0.15, -0.1) is 5.10 Å². The minimum atomic E-state index is -0.109. The van der Waals surface area contributed by atoms with E-state index in [0.29, 0.717) is 23.8 Å². The van der Waals surface area contributed by atoms with Crippen LogP contribution in [0.25, 0.3) is 5.69 Å². The lowest BCUT2D eigenvalue weighted by molar-refractivity contribution is 0.0526. The summed E-state index contributed by atoms with van der Waals surface area (Å²) in [4.78, 5) is 15.0. The van der Waals surface area contributed by atoms with E-state index in [0.717, 1.165) is 30.6 Å². The molecule has 1 aromatic carbocycles. The predicted octanol–water partition coefficient (Wildman–Crippen LogP) is 3.07. The molecule has 0 saturated carbocycles. The summed E-state index contributed by atoms with van der Waals surface area (Å²) in [6.07, 6.45) is 2.41. The van der Waals surface area contributed by atoms with Crippen LogP contribution in [-0.2, 0) is 6.42 Å². The molecule has 0 bridgehead atoms. The summed E-state index contributed by atoms with van der Waals surface area (Å²) in [5, 5.41) is 9.10. The average molecular weight is 376 g/mol. The quantitative estimate of drug-likeness (QED) is 0.890. The van der Waals surface area contributed by atoms with Crippen molar-refractivity contribution < 1.29 is 4.79 Å². The molecular formula is C19H26ClN5O. The van der Waals surface area contributed by atoms with Crippen LogP contribution in [-0.4, -0.2) is 44.9 Å². The smallest absolute Gasteiger partial charge is 0.276 e. The number of hydrogen-bond acceptors (Lipinski definition) is 4. The van der Waals surface area contributed by atoms with E-state index in [9.17, 15) is 4.79 Å². The Kier molecular flexibility index (Phi) is 5.34. The highest BCUT2D eigenvalue weighted by Gasteiger charge is 2.37. The molecule has 2 aromatic rings. The van der Waals surface area contributed by atoms with Crippen LogP contribution in [0.5, 0.6) is 0 Å². The first-order chi connectivity index (χ1) is 12.3. The van der Waals surface area contributed by atoms with Crippen molar-refractivity contribution in [2.45, 2.75) is 46.1 Å². The minimum absolute atomic E-state index is 0.0679. The number of carbonyl (C=O) groups excluding carboxylic acids is 1. The van der Waals surface area contributed by atoms with Gasteiger partial charge in [0.15, 0.2) is 5.69 Å². The molecule has 0 spiro atoms. The number of aromatic nitrogens is 3. The number of piperidine rings is 1. The van der Waals surface area contributed by atoms with Crippen LogP contribution in [0.4, 0.5) is 0 Å². The zero-order valence-corrected chi connectivity index (χ0v) is 16.3. The fourth-order valence-electron chi connectivity index (χ4n) is 3.44. The molecule has 6 nitrogen and oxygen atoms in total. The molecule has 1 atom stereocenters. The van der Waals surface area contributed by atoms with Crippen molar-refractivity contribution in [3.63, 3.8) is 0 Å². The third-order valence-corrected chi connectivity index (χ3v) is 5.34. The molecule has 2 heterocycles. The van der Waals surface area contributed by atoms with Crippen molar-refractivity contribution in [1.29, 1.82) is 0 Å². The first-order valence-corrected chi connectivity index (χ1v) is 9.46. The van der Waals surface area contributed by atoms with Gasteiger partial charge in [-0.3, -0.25) is 4.79 Å². The van der Waals surface area contributed by atoms with Gasteiger partial charge in [0, 0.05) is 24.2 Å². The van der Waals surface area contributed by atoms with Crippen LogP contribution in [0, 0.1) is 5.41 Å². The van der Waals surface area contributed by atoms with Crippen LogP contribution in [0.1, 0.15) is 49.8 Å². The number of nitrogens with two attached hydrogens (primary N) is 1. The fraction of sp³-hybridized carbons (Fsp3) is 0.526. The number of rotatable bonds is 4. The molecule has 1 unspecified atom stereocenters. The average Bonchev–Trinajstić information content (AvgIpc) is 3.00. The van der Waals surface area contributed by atoms with E-state index in [-0.39, 0.29) is 17.4 Å². The highest BCUT2D eigenvalue weighted by atomic mass is 35.5. The van der Waals surface area contributed by atoms with Gasteiger partial charge < -0.3 is 10.6 Å². The molecule has 1 saturated heterocycles. The van der Waals surface area contributed by atoms with E-state index in [2.05, 4.69) is 31.1 Å². The lowest BCUT2D eigenvalue weighted by Crippen LogP contribution is -2.54. The molecule has 140 valence electrons. The predicted molar refractivity (Wildman–Crippen MR) is 103 cm³/mol. The van der Waals surface area contributed by atoms with Crippen LogP contribution in [0.15, 0.2) is 24.3 Å². The summed E-state index contributed by atoms with van der Waals surface area (Å²) in [6.45, 7) is 7.56. The zero-order chi connectivity index (χ0) is 18.9. The van der Waals surface area contributed by atoms with Gasteiger partial charge in [0.2, 0.25) is 0 Å². The molecule has 1 amide bonds. The van der Waals surface area contributed by atoms with Gasteiger partial charge in [-0.2, -0.15) is 0 Å². The fourth-order valence-corrected chi connectivity index (χ4v) is 3.63. The minimum Gasteiger partial charge on any atom is -0.337 e. The van der Waals surface area contributed by atoms with Gasteiger partial charge in [0.25, 0.3) is 5.91 Å². The SMILES string of the molecule is CCCc1c(C(=O)N2CCC(N)C(C)(C)C2)nnn1-c1cccc(Cl)c1. The van der Waals surface area contributed by atoms with Crippen LogP contribution >= 0.6 is 11.6 Å². The van der Waals surface area contributed by atoms with Crippen molar-refractivity contribution >= 4 is 17.5 Å². The molecule has 2 N–H and O–H groups in total. The van der Waals surface area contributed by atoms with Gasteiger partial charge >= 0.3 is 0 Å². The number of hydrogen-bond donors (Lipinski definition) is 1. The summed E-state index contributed by atoms with van der Waals surface area (Å²) in [5.41, 5.74) is 8.16. The van der Waals surface area contributed by atoms with Gasteiger partial charge in [-0.05, 0) is 36.5 Å². The van der Waals surface area contributed by atoms with Gasteiger partial charge in [0.1, 0.15) is 0 Å². The molecule has 1 fully saturated rings. The largest absolute Gasteiger partial charge is 0.337 e. The molecule has 0 radical (unpaired) electrons. The second-order valence-corrected chi connectivity index (χ2v) is 8.07. The second-order valence-electron chi connectivity index (χ2n) is 7.64.